The maximum Gasteiger partial charge on any atom is 0.238 e. The minimum Gasteiger partial charge on any atom is -0.348 e. The van der Waals surface area contributed by atoms with Crippen molar-refractivity contribution in [2.45, 2.75) is 45.7 Å². The van der Waals surface area contributed by atoms with E-state index in [-0.39, 0.29) is 29.2 Å². The van der Waals surface area contributed by atoms with Crippen LogP contribution in [0, 0.1) is 11.2 Å². The van der Waals surface area contributed by atoms with Gasteiger partial charge in [0.05, 0.1) is 12.1 Å². The van der Waals surface area contributed by atoms with Crippen molar-refractivity contribution in [1.82, 2.24) is 10.6 Å². The minimum atomic E-state index is -0.262. The Kier molecular flexibility index (Phi) is 4.43. The lowest BCUT2D eigenvalue weighted by Crippen LogP contribution is -2.55. The summed E-state index contributed by atoms with van der Waals surface area (Å²) in [4.78, 5) is 12.4. The number of halogens is 1. The lowest BCUT2D eigenvalue weighted by atomic mass is 9.77. The Labute approximate surface area is 120 Å². The number of nitrogens with one attached hydrogen (secondary N) is 2. The lowest BCUT2D eigenvalue weighted by Gasteiger charge is -2.38. The second-order valence-corrected chi connectivity index (χ2v) is 6.26. The van der Waals surface area contributed by atoms with E-state index in [9.17, 15) is 9.18 Å². The summed E-state index contributed by atoms with van der Waals surface area (Å²) in [6.07, 6.45) is 2.15. The minimum absolute atomic E-state index is 0.0199. The van der Waals surface area contributed by atoms with Gasteiger partial charge in [-0.1, -0.05) is 26.0 Å². The van der Waals surface area contributed by atoms with Crippen LogP contribution in [0.15, 0.2) is 24.3 Å². The molecule has 1 heterocycles. The third-order valence-electron chi connectivity index (χ3n) is 4.12. The molecule has 4 heteroatoms. The van der Waals surface area contributed by atoms with Crippen molar-refractivity contribution in [2.24, 2.45) is 5.41 Å². The Hall–Kier alpha value is -1.42. The summed E-state index contributed by atoms with van der Waals surface area (Å²) in [5.41, 5.74) is 0.874. The smallest absolute Gasteiger partial charge is 0.238 e. The maximum absolute atomic E-state index is 12.9. The zero-order valence-electron chi connectivity index (χ0n) is 12.4. The van der Waals surface area contributed by atoms with Crippen molar-refractivity contribution in [1.29, 1.82) is 0 Å². The van der Waals surface area contributed by atoms with Crippen LogP contribution in [-0.2, 0) is 4.79 Å². The third kappa shape index (κ3) is 3.37. The molecule has 0 bridgehead atoms. The predicted octanol–water partition coefficient (Wildman–Crippen LogP) is 2.78. The molecule has 110 valence electrons. The average Bonchev–Trinajstić information content (AvgIpc) is 2.38. The van der Waals surface area contributed by atoms with Gasteiger partial charge in [0, 0.05) is 0 Å². The Bertz CT molecular complexity index is 470. The van der Waals surface area contributed by atoms with Gasteiger partial charge < -0.3 is 10.6 Å². The summed E-state index contributed by atoms with van der Waals surface area (Å²) in [6.45, 7) is 7.03. The summed E-state index contributed by atoms with van der Waals surface area (Å²) >= 11 is 0. The standard InChI is InChI=1S/C16H23FN2O/c1-11(12-5-7-13(17)8-6-12)19-15(20)14-16(2,3)9-4-10-18-14/h5-8,11,14,18H,4,9-10H2,1-3H3,(H,19,20)/t11-,14?/m1/s1. The van der Waals surface area contributed by atoms with Gasteiger partial charge in [0.15, 0.2) is 0 Å². The van der Waals surface area contributed by atoms with Crippen LogP contribution in [-0.4, -0.2) is 18.5 Å². The second kappa shape index (κ2) is 5.92. The molecule has 1 saturated heterocycles. The van der Waals surface area contributed by atoms with Gasteiger partial charge in [-0.3, -0.25) is 4.79 Å². The summed E-state index contributed by atoms with van der Waals surface area (Å²) < 4.78 is 12.9. The van der Waals surface area contributed by atoms with Gasteiger partial charge >= 0.3 is 0 Å². The number of amides is 1. The van der Waals surface area contributed by atoms with Crippen molar-refractivity contribution in [2.75, 3.05) is 6.54 Å². The van der Waals surface area contributed by atoms with Crippen molar-refractivity contribution < 1.29 is 9.18 Å². The Morgan fingerprint density at radius 1 is 1.40 bits per heavy atom. The number of piperidine rings is 1. The number of hydrogen-bond acceptors (Lipinski definition) is 2. The Balaban J connectivity index is 2.01. The van der Waals surface area contributed by atoms with Crippen LogP contribution in [0.1, 0.15) is 45.2 Å². The zero-order valence-corrected chi connectivity index (χ0v) is 12.4. The molecule has 0 saturated carbocycles. The van der Waals surface area contributed by atoms with E-state index in [4.69, 9.17) is 0 Å². The fraction of sp³-hybridized carbons (Fsp3) is 0.562. The number of rotatable bonds is 3. The van der Waals surface area contributed by atoms with Crippen LogP contribution in [0.3, 0.4) is 0 Å². The zero-order chi connectivity index (χ0) is 14.8. The summed E-state index contributed by atoms with van der Waals surface area (Å²) in [7, 11) is 0. The van der Waals surface area contributed by atoms with E-state index in [0.717, 1.165) is 24.9 Å². The van der Waals surface area contributed by atoms with Crippen LogP contribution in [0.4, 0.5) is 4.39 Å². The van der Waals surface area contributed by atoms with Gasteiger partial charge in [-0.25, -0.2) is 4.39 Å². The molecule has 20 heavy (non-hydrogen) atoms. The molecule has 1 aromatic carbocycles. The quantitative estimate of drug-likeness (QED) is 0.892. The van der Waals surface area contributed by atoms with Crippen LogP contribution in [0.5, 0.6) is 0 Å². The van der Waals surface area contributed by atoms with Gasteiger partial charge in [0.1, 0.15) is 5.82 Å². The highest BCUT2D eigenvalue weighted by molar-refractivity contribution is 5.83. The summed E-state index contributed by atoms with van der Waals surface area (Å²) in [5, 5.41) is 6.32. The molecule has 2 atom stereocenters. The molecule has 2 N–H and O–H groups in total. The van der Waals surface area contributed by atoms with Gasteiger partial charge in [-0.15, -0.1) is 0 Å². The van der Waals surface area contributed by atoms with E-state index in [1.807, 2.05) is 6.92 Å². The van der Waals surface area contributed by atoms with E-state index in [1.54, 1.807) is 12.1 Å². The predicted molar refractivity (Wildman–Crippen MR) is 77.8 cm³/mol. The van der Waals surface area contributed by atoms with Crippen molar-refractivity contribution in [3.63, 3.8) is 0 Å². The molecule has 3 nitrogen and oxygen atoms in total. The molecule has 1 unspecified atom stereocenters. The summed E-state index contributed by atoms with van der Waals surface area (Å²) in [6, 6.07) is 5.96. The van der Waals surface area contributed by atoms with Crippen LogP contribution >= 0.6 is 0 Å². The fourth-order valence-electron chi connectivity index (χ4n) is 2.79. The largest absolute Gasteiger partial charge is 0.348 e. The van der Waals surface area contributed by atoms with Crippen LogP contribution < -0.4 is 10.6 Å². The monoisotopic (exact) mass is 278 g/mol. The van der Waals surface area contributed by atoms with E-state index in [0.29, 0.717) is 0 Å². The van der Waals surface area contributed by atoms with Gasteiger partial charge in [-0.05, 0) is 49.4 Å². The molecule has 1 fully saturated rings. The molecule has 0 spiro atoms. The second-order valence-electron chi connectivity index (χ2n) is 6.26. The fourth-order valence-corrected chi connectivity index (χ4v) is 2.79. The molecule has 1 aliphatic rings. The van der Waals surface area contributed by atoms with E-state index < -0.39 is 0 Å². The highest BCUT2D eigenvalue weighted by Gasteiger charge is 2.37. The van der Waals surface area contributed by atoms with E-state index in [1.165, 1.54) is 12.1 Å². The van der Waals surface area contributed by atoms with Gasteiger partial charge in [-0.2, -0.15) is 0 Å². The lowest BCUT2D eigenvalue weighted by molar-refractivity contribution is -0.127. The Morgan fingerprint density at radius 2 is 2.05 bits per heavy atom. The highest BCUT2D eigenvalue weighted by Crippen LogP contribution is 2.30. The number of carbonyl (C=O) groups is 1. The molecular formula is C16H23FN2O. The first-order valence-corrected chi connectivity index (χ1v) is 7.19. The molecule has 0 radical (unpaired) electrons. The molecule has 1 aliphatic heterocycles. The van der Waals surface area contributed by atoms with Crippen molar-refractivity contribution in [3.8, 4) is 0 Å². The molecule has 0 aromatic heterocycles. The number of hydrogen-bond donors (Lipinski definition) is 2. The van der Waals surface area contributed by atoms with Gasteiger partial charge in [0.25, 0.3) is 0 Å². The first-order valence-electron chi connectivity index (χ1n) is 7.19. The molecule has 0 aliphatic carbocycles. The Morgan fingerprint density at radius 3 is 2.65 bits per heavy atom. The first kappa shape index (κ1) is 15.0. The van der Waals surface area contributed by atoms with Gasteiger partial charge in [0.2, 0.25) is 5.91 Å². The van der Waals surface area contributed by atoms with Crippen LogP contribution in [0.25, 0.3) is 0 Å². The average molecular weight is 278 g/mol. The summed E-state index contributed by atoms with van der Waals surface area (Å²) in [5.74, 6) is -0.242. The topological polar surface area (TPSA) is 41.1 Å². The SMILES string of the molecule is C[C@@H](NC(=O)C1NCCCC1(C)C)c1ccc(F)cc1. The van der Waals surface area contributed by atoms with Crippen molar-refractivity contribution in [3.05, 3.63) is 35.6 Å². The number of carbonyl (C=O) groups excluding carboxylic acids is 1. The maximum atomic E-state index is 12.9. The van der Waals surface area contributed by atoms with Crippen molar-refractivity contribution >= 4 is 5.91 Å². The molecule has 1 amide bonds. The third-order valence-corrected chi connectivity index (χ3v) is 4.12. The molecule has 2 rings (SSSR count). The normalized spacial score (nSPS) is 23.1. The van der Waals surface area contributed by atoms with Crippen LogP contribution in [0.2, 0.25) is 0 Å². The molecular weight excluding hydrogens is 255 g/mol. The first-order chi connectivity index (χ1) is 9.40. The number of benzene rings is 1. The van der Waals surface area contributed by atoms with E-state index in [2.05, 4.69) is 24.5 Å². The highest BCUT2D eigenvalue weighted by atomic mass is 19.1. The van der Waals surface area contributed by atoms with E-state index >= 15 is 0 Å². The molecule has 1 aromatic rings.